The van der Waals surface area contributed by atoms with Crippen LogP contribution in [0.1, 0.15) is 48.2 Å². The zero-order valence-corrected chi connectivity index (χ0v) is 45.0. The maximum atomic E-state index is 12.3. The second-order valence-electron chi connectivity index (χ2n) is 18.5. The third-order valence-electron chi connectivity index (χ3n) is 14.1. The highest BCUT2D eigenvalue weighted by Gasteiger charge is 2.43. The Morgan fingerprint density at radius 2 is 0.718 bits per heavy atom. The van der Waals surface area contributed by atoms with Crippen molar-refractivity contribution in [1.29, 1.82) is 0 Å². The second kappa shape index (κ2) is 21.8. The Morgan fingerprint density at radius 3 is 1.01 bits per heavy atom. The Bertz CT molecular complexity index is 3870. The number of aryl methyl sites for hydroxylation is 1. The minimum atomic E-state index is -0.940. The summed E-state index contributed by atoms with van der Waals surface area (Å²) in [5, 5.41) is 36.6. The van der Waals surface area contributed by atoms with Gasteiger partial charge in [0.05, 0.1) is 26.4 Å². The van der Waals surface area contributed by atoms with Crippen molar-refractivity contribution in [2.45, 2.75) is 21.7 Å². The highest BCUT2D eigenvalue weighted by molar-refractivity contribution is 9.24. The van der Waals surface area contributed by atoms with Crippen LogP contribution in [0.15, 0.2) is 255 Å². The van der Waals surface area contributed by atoms with E-state index in [1.807, 2.05) is 155 Å². The molecule has 0 unspecified atom stereocenters. The molecule has 0 saturated heterocycles. The van der Waals surface area contributed by atoms with E-state index in [1.165, 1.54) is 0 Å². The van der Waals surface area contributed by atoms with Gasteiger partial charge in [-0.2, -0.15) is 10.2 Å². The highest BCUT2D eigenvalue weighted by Crippen LogP contribution is 2.48. The lowest BCUT2D eigenvalue weighted by Gasteiger charge is -2.37. The Labute approximate surface area is 465 Å². The number of aromatic nitrogens is 6. The molecule has 0 fully saturated rings. The van der Waals surface area contributed by atoms with Gasteiger partial charge < -0.3 is 0 Å². The quantitative estimate of drug-likeness (QED) is 0.0480. The monoisotopic (exact) mass is 1150 g/mol. The minimum Gasteiger partial charge on any atom is -0.265 e. The van der Waals surface area contributed by atoms with E-state index in [0.29, 0.717) is 27.9 Å². The maximum absolute atomic E-state index is 12.3. The van der Waals surface area contributed by atoms with Crippen molar-refractivity contribution in [3.05, 3.63) is 320 Å². The second-order valence-corrected chi connectivity index (χ2v) is 21.6. The summed E-state index contributed by atoms with van der Waals surface area (Å²) in [5.41, 5.74) is 9.72. The fourth-order valence-corrected chi connectivity index (χ4v) is 11.5. The Hall–Kier alpha value is -9.24. The molecular weight excluding hydrogens is 1100 g/mol. The number of hydrogen-bond acceptors (Lipinski definition) is 8. The van der Waals surface area contributed by atoms with Gasteiger partial charge in [-0.3, -0.25) is 30.2 Å². The number of nitrogens with zero attached hydrogens (tertiary/aromatic N) is 8. The van der Waals surface area contributed by atoms with Crippen molar-refractivity contribution in [2.24, 2.45) is 0 Å². The van der Waals surface area contributed by atoms with Gasteiger partial charge in [0.25, 0.3) is 11.4 Å². The number of pyridine rings is 2. The number of alkyl halides is 2. The van der Waals surface area contributed by atoms with Crippen LogP contribution in [0.2, 0.25) is 0 Å². The van der Waals surface area contributed by atoms with Crippen LogP contribution in [0.5, 0.6) is 0 Å². The molecule has 78 heavy (non-hydrogen) atoms. The number of nitro groups is 2. The highest BCUT2D eigenvalue weighted by atomic mass is 79.9. The number of rotatable bonds is 13. The summed E-state index contributed by atoms with van der Waals surface area (Å²) in [5.74, 6) is 0. The van der Waals surface area contributed by atoms with Crippen molar-refractivity contribution in [3.63, 3.8) is 0 Å². The van der Waals surface area contributed by atoms with Gasteiger partial charge in [-0.15, -0.1) is 0 Å². The smallest absolute Gasteiger partial charge is 0.265 e. The summed E-state index contributed by atoms with van der Waals surface area (Å²) < 4.78 is 3.50. The van der Waals surface area contributed by atoms with E-state index >= 15 is 0 Å². The lowest BCUT2D eigenvalue weighted by Crippen LogP contribution is -2.38. The van der Waals surface area contributed by atoms with Crippen molar-refractivity contribution in [3.8, 4) is 22.5 Å². The van der Waals surface area contributed by atoms with Gasteiger partial charge in [0.2, 0.25) is 0 Å². The number of hydrogen-bond donors (Lipinski definition) is 0. The van der Waals surface area contributed by atoms with Gasteiger partial charge in [0.15, 0.2) is 0 Å². The lowest BCUT2D eigenvalue weighted by molar-refractivity contribution is -0.385. The topological polar surface area (TPSA) is 148 Å². The fraction of sp³-hybridized carbons (Fsp3) is 0.0625. The van der Waals surface area contributed by atoms with E-state index in [4.69, 9.17) is 10.2 Å². The molecule has 12 rings (SSSR count). The summed E-state index contributed by atoms with van der Waals surface area (Å²) in [7, 11) is 0. The van der Waals surface area contributed by atoms with Crippen LogP contribution < -0.4 is 0 Å². The molecule has 4 heterocycles. The molecule has 0 aliphatic carbocycles. The van der Waals surface area contributed by atoms with Gasteiger partial charge in [0.1, 0.15) is 26.2 Å². The van der Waals surface area contributed by atoms with Gasteiger partial charge in [-0.1, -0.05) is 214 Å². The Kier molecular flexibility index (Phi) is 14.2. The number of benzene rings is 8. The van der Waals surface area contributed by atoms with E-state index < -0.39 is 14.8 Å². The first-order valence-electron chi connectivity index (χ1n) is 24.9. The molecule has 0 amide bonds. The predicted octanol–water partition coefficient (Wildman–Crippen LogP) is 15.8. The van der Waals surface area contributed by atoms with Crippen LogP contribution in [-0.2, 0) is 11.1 Å². The van der Waals surface area contributed by atoms with Gasteiger partial charge in [-0.25, -0.2) is 9.36 Å². The van der Waals surface area contributed by atoms with E-state index in [-0.39, 0.29) is 21.2 Å². The molecule has 0 spiro atoms. The van der Waals surface area contributed by atoms with E-state index in [1.54, 1.807) is 43.8 Å². The summed E-state index contributed by atoms with van der Waals surface area (Å²) in [6.07, 6.45) is 6.92. The summed E-state index contributed by atoms with van der Waals surface area (Å²) in [6.45, 7) is 1.77. The molecule has 0 atom stereocenters. The zero-order valence-electron chi connectivity index (χ0n) is 41.8. The molecule has 12 aromatic rings. The molecule has 0 saturated carbocycles. The van der Waals surface area contributed by atoms with Crippen molar-refractivity contribution < 1.29 is 9.85 Å². The van der Waals surface area contributed by atoms with Crippen molar-refractivity contribution >= 4 is 65.0 Å². The summed E-state index contributed by atoms with van der Waals surface area (Å²) in [4.78, 5) is 32.1. The average molecular weight is 1150 g/mol. The lowest BCUT2D eigenvalue weighted by atomic mass is 9.77. The molecule has 0 N–H and O–H groups in total. The molecule has 8 aromatic carbocycles. The SMILES string of the molecule is Cc1cc2c(-c3ccncc3)nn(C(c3ccccc3)(c3ccccc3)c3ccccc3)c2cc1[N+](=O)[O-].O=[N+]([O-])c1cc2c(cc1C(Br)Br)c(-c1ccncc1)nn2C(c1ccccc1)(c1ccccc1)c1ccccc1. The molecule has 14 heteroatoms. The van der Waals surface area contributed by atoms with Gasteiger partial charge >= 0.3 is 0 Å². The third kappa shape index (κ3) is 9.03. The molecule has 0 radical (unpaired) electrons. The standard InChI is InChI=1S/C32H22Br2N4O2.C32H24N4O2/c33-31(34)27-20-26-28(21-29(27)38(39)40)37(36-30(26)22-16-18-35-19-17-22)32(23-10-4-1-5-11-23,24-12-6-2-7-13-24)25-14-8-3-9-15-25;1-23-21-28-30(22-29(23)36(37)38)35(34-31(28)24-17-19-33-20-18-24)32(25-11-5-2-6-12-25,26-13-7-3-8-14-26)27-15-9-4-10-16-27/h1-21,31H;2-22H,1H3. The Balaban J connectivity index is 0.000000166. The van der Waals surface area contributed by atoms with Crippen molar-refractivity contribution in [2.75, 3.05) is 0 Å². The van der Waals surface area contributed by atoms with Gasteiger partial charge in [0, 0.05) is 64.4 Å². The first kappa shape index (κ1) is 50.9. The first-order chi connectivity index (χ1) is 38.1. The average Bonchev–Trinajstić information content (AvgIpc) is 4.16. The molecule has 0 bridgehead atoms. The minimum absolute atomic E-state index is 0.00300. The summed E-state index contributed by atoms with van der Waals surface area (Å²) in [6, 6.07) is 75.7. The van der Waals surface area contributed by atoms with Crippen LogP contribution in [-0.4, -0.2) is 39.4 Å². The van der Waals surface area contributed by atoms with Crippen LogP contribution in [0.4, 0.5) is 11.4 Å². The molecule has 12 nitrogen and oxygen atoms in total. The number of nitro benzene ring substituents is 2. The van der Waals surface area contributed by atoms with Crippen LogP contribution in [0.3, 0.4) is 0 Å². The van der Waals surface area contributed by atoms with Crippen LogP contribution >= 0.6 is 31.9 Å². The maximum Gasteiger partial charge on any atom is 0.276 e. The molecular formula is C64H46Br2N8O4. The first-order valence-corrected chi connectivity index (χ1v) is 26.8. The third-order valence-corrected chi connectivity index (χ3v) is 15.1. The number of fused-ring (bicyclic) bond motifs is 2. The molecule has 0 aliphatic rings. The molecule has 4 aromatic heterocycles. The fourth-order valence-electron chi connectivity index (χ4n) is 10.7. The van der Waals surface area contributed by atoms with Crippen molar-refractivity contribution in [1.82, 2.24) is 29.5 Å². The Morgan fingerprint density at radius 1 is 0.423 bits per heavy atom. The van der Waals surface area contributed by atoms with Crippen LogP contribution in [0, 0.1) is 27.2 Å². The number of halogens is 2. The molecule has 380 valence electrons. The molecule has 0 aliphatic heterocycles. The zero-order chi connectivity index (χ0) is 53.8. The largest absolute Gasteiger partial charge is 0.276 e. The van der Waals surface area contributed by atoms with E-state index in [0.717, 1.165) is 61.0 Å². The summed E-state index contributed by atoms with van der Waals surface area (Å²) >= 11 is 7.00. The van der Waals surface area contributed by atoms with Crippen LogP contribution in [0.25, 0.3) is 44.3 Å². The normalized spacial score (nSPS) is 11.6. The van der Waals surface area contributed by atoms with E-state index in [2.05, 4.69) is 115 Å². The van der Waals surface area contributed by atoms with E-state index in [9.17, 15) is 20.2 Å². The predicted molar refractivity (Wildman–Crippen MR) is 314 cm³/mol. The van der Waals surface area contributed by atoms with Gasteiger partial charge in [-0.05, 0) is 76.7 Å².